The van der Waals surface area contributed by atoms with E-state index in [0.717, 1.165) is 0 Å². The van der Waals surface area contributed by atoms with E-state index in [4.69, 9.17) is 22.1 Å². The summed E-state index contributed by atoms with van der Waals surface area (Å²) in [6.45, 7) is 0. The number of carbonyl (C=O) groups is 1. The van der Waals surface area contributed by atoms with Gasteiger partial charge in [-0.1, -0.05) is 11.6 Å². The second-order valence-corrected chi connectivity index (χ2v) is 4.15. The van der Waals surface area contributed by atoms with Crippen molar-refractivity contribution in [2.75, 3.05) is 12.8 Å². The molecule has 0 aliphatic carbocycles. The summed E-state index contributed by atoms with van der Waals surface area (Å²) in [6.07, 6.45) is 1.44. The minimum atomic E-state index is -0.212. The molecule has 1 aromatic heterocycles. The van der Waals surface area contributed by atoms with Gasteiger partial charge in [-0.25, -0.2) is 0 Å². The molecule has 5 nitrogen and oxygen atoms in total. The normalized spacial score (nSPS) is 10.4. The Morgan fingerprint density at radius 1 is 1.50 bits per heavy atom. The van der Waals surface area contributed by atoms with Gasteiger partial charge in [0.25, 0.3) is 0 Å². The Kier molecular flexibility index (Phi) is 3.25. The Hall–Kier alpha value is -2.01. The molecule has 0 saturated heterocycles. The highest BCUT2D eigenvalue weighted by Gasteiger charge is 2.17. The van der Waals surface area contributed by atoms with Crippen molar-refractivity contribution in [2.24, 2.45) is 7.05 Å². The summed E-state index contributed by atoms with van der Waals surface area (Å²) in [5, 5.41) is 4.39. The van der Waals surface area contributed by atoms with Gasteiger partial charge >= 0.3 is 0 Å². The van der Waals surface area contributed by atoms with Crippen LogP contribution in [0.5, 0.6) is 5.75 Å². The lowest BCUT2D eigenvalue weighted by molar-refractivity contribution is 0.103. The lowest BCUT2D eigenvalue weighted by atomic mass is 10.1. The van der Waals surface area contributed by atoms with Gasteiger partial charge in [0.15, 0.2) is 5.78 Å². The molecule has 1 aromatic carbocycles. The van der Waals surface area contributed by atoms with Gasteiger partial charge in [0.1, 0.15) is 11.6 Å². The molecule has 0 amide bonds. The maximum Gasteiger partial charge on any atom is 0.198 e. The number of benzene rings is 1. The van der Waals surface area contributed by atoms with Crippen LogP contribution in [0.2, 0.25) is 5.02 Å². The maximum absolute atomic E-state index is 12.2. The maximum atomic E-state index is 12.2. The number of anilines is 1. The van der Waals surface area contributed by atoms with Gasteiger partial charge in [0.2, 0.25) is 0 Å². The molecule has 0 spiro atoms. The number of hydrogen-bond acceptors (Lipinski definition) is 4. The second kappa shape index (κ2) is 4.70. The van der Waals surface area contributed by atoms with Crippen molar-refractivity contribution in [1.82, 2.24) is 9.78 Å². The van der Waals surface area contributed by atoms with E-state index in [-0.39, 0.29) is 5.78 Å². The van der Waals surface area contributed by atoms with Gasteiger partial charge in [-0.15, -0.1) is 0 Å². The monoisotopic (exact) mass is 265 g/mol. The Bertz CT molecular complexity index is 607. The van der Waals surface area contributed by atoms with E-state index in [9.17, 15) is 4.79 Å². The fraction of sp³-hybridized carbons (Fsp3) is 0.167. The Morgan fingerprint density at radius 3 is 2.78 bits per heavy atom. The van der Waals surface area contributed by atoms with Crippen LogP contribution in [0.15, 0.2) is 24.4 Å². The first-order valence-electron chi connectivity index (χ1n) is 5.20. The van der Waals surface area contributed by atoms with Crippen molar-refractivity contribution >= 4 is 23.2 Å². The third kappa shape index (κ3) is 2.04. The number of rotatable bonds is 3. The summed E-state index contributed by atoms with van der Waals surface area (Å²) in [6, 6.07) is 4.82. The summed E-state index contributed by atoms with van der Waals surface area (Å²) in [5.41, 5.74) is 6.58. The van der Waals surface area contributed by atoms with E-state index < -0.39 is 0 Å². The number of halogens is 1. The summed E-state index contributed by atoms with van der Waals surface area (Å²) in [4.78, 5) is 12.2. The van der Waals surface area contributed by atoms with Crippen molar-refractivity contribution in [3.63, 3.8) is 0 Å². The molecule has 1 heterocycles. The van der Waals surface area contributed by atoms with Crippen molar-refractivity contribution < 1.29 is 9.53 Å². The summed E-state index contributed by atoms with van der Waals surface area (Å²) < 4.78 is 6.52. The molecule has 94 valence electrons. The molecule has 18 heavy (non-hydrogen) atoms. The molecule has 0 fully saturated rings. The molecule has 0 atom stereocenters. The largest absolute Gasteiger partial charge is 0.495 e. The van der Waals surface area contributed by atoms with Gasteiger partial charge in [0.05, 0.1) is 23.9 Å². The zero-order valence-corrected chi connectivity index (χ0v) is 10.7. The first-order valence-corrected chi connectivity index (χ1v) is 5.58. The van der Waals surface area contributed by atoms with Gasteiger partial charge < -0.3 is 10.5 Å². The van der Waals surface area contributed by atoms with Crippen LogP contribution in [0.4, 0.5) is 5.82 Å². The molecular weight excluding hydrogens is 254 g/mol. The highest BCUT2D eigenvalue weighted by atomic mass is 35.5. The number of nitrogens with two attached hydrogens (primary N) is 1. The van der Waals surface area contributed by atoms with Crippen LogP contribution in [0.3, 0.4) is 0 Å². The van der Waals surface area contributed by atoms with Crippen molar-refractivity contribution in [3.8, 4) is 5.75 Å². The number of ether oxygens (including phenoxy) is 1. The van der Waals surface area contributed by atoms with Crippen LogP contribution < -0.4 is 10.5 Å². The predicted octanol–water partition coefficient (Wildman–Crippen LogP) is 1.90. The molecule has 0 bridgehead atoms. The van der Waals surface area contributed by atoms with Gasteiger partial charge in [-0.05, 0) is 18.2 Å². The van der Waals surface area contributed by atoms with Crippen LogP contribution in [0.25, 0.3) is 0 Å². The molecule has 0 radical (unpaired) electrons. The van der Waals surface area contributed by atoms with E-state index in [1.807, 2.05) is 0 Å². The molecule has 2 rings (SSSR count). The Morgan fingerprint density at radius 2 is 2.22 bits per heavy atom. The molecule has 0 aliphatic rings. The Balaban J connectivity index is 2.43. The zero-order chi connectivity index (χ0) is 13.3. The minimum absolute atomic E-state index is 0.212. The fourth-order valence-electron chi connectivity index (χ4n) is 1.58. The Labute approximate surface area is 109 Å². The van der Waals surface area contributed by atoms with Crippen molar-refractivity contribution in [2.45, 2.75) is 0 Å². The smallest absolute Gasteiger partial charge is 0.198 e. The molecule has 2 N–H and O–H groups in total. The fourth-order valence-corrected chi connectivity index (χ4v) is 1.77. The van der Waals surface area contributed by atoms with Crippen LogP contribution in [0.1, 0.15) is 15.9 Å². The molecular formula is C12H12ClN3O2. The first-order chi connectivity index (χ1) is 8.54. The van der Waals surface area contributed by atoms with Crippen LogP contribution in [-0.2, 0) is 7.05 Å². The highest BCUT2D eigenvalue weighted by molar-refractivity contribution is 6.32. The van der Waals surface area contributed by atoms with E-state index >= 15 is 0 Å². The first kappa shape index (κ1) is 12.4. The minimum Gasteiger partial charge on any atom is -0.495 e. The van der Waals surface area contributed by atoms with E-state index in [0.29, 0.717) is 27.7 Å². The predicted molar refractivity (Wildman–Crippen MR) is 69.1 cm³/mol. The molecule has 0 unspecified atom stereocenters. The second-order valence-electron chi connectivity index (χ2n) is 3.75. The zero-order valence-electron chi connectivity index (χ0n) is 9.98. The number of nitrogens with zero attached hydrogens (tertiary/aromatic N) is 2. The van der Waals surface area contributed by atoms with Crippen LogP contribution >= 0.6 is 11.6 Å². The van der Waals surface area contributed by atoms with Gasteiger partial charge in [-0.2, -0.15) is 5.10 Å². The molecule has 6 heteroatoms. The SMILES string of the molecule is COc1cc(C(=O)c2cnn(C)c2N)ccc1Cl. The molecule has 0 saturated carbocycles. The van der Waals surface area contributed by atoms with Crippen LogP contribution in [0, 0.1) is 0 Å². The van der Waals surface area contributed by atoms with E-state index in [2.05, 4.69) is 5.10 Å². The van der Waals surface area contributed by atoms with Crippen LogP contribution in [-0.4, -0.2) is 22.7 Å². The summed E-state index contributed by atoms with van der Waals surface area (Å²) in [5.74, 6) is 0.564. The third-order valence-corrected chi connectivity index (χ3v) is 2.95. The molecule has 0 aliphatic heterocycles. The number of carbonyl (C=O) groups excluding carboxylic acids is 1. The van der Waals surface area contributed by atoms with Gasteiger partial charge in [0, 0.05) is 12.6 Å². The number of aromatic nitrogens is 2. The van der Waals surface area contributed by atoms with Crippen molar-refractivity contribution in [1.29, 1.82) is 0 Å². The molecule has 2 aromatic rings. The van der Waals surface area contributed by atoms with E-state index in [1.165, 1.54) is 18.0 Å². The number of aryl methyl sites for hydroxylation is 1. The summed E-state index contributed by atoms with van der Waals surface area (Å²) in [7, 11) is 3.17. The van der Waals surface area contributed by atoms with Crippen molar-refractivity contribution in [3.05, 3.63) is 40.5 Å². The third-order valence-electron chi connectivity index (χ3n) is 2.64. The number of methoxy groups -OCH3 is 1. The number of ketones is 1. The lowest BCUT2D eigenvalue weighted by Gasteiger charge is -2.05. The number of nitrogen functional groups attached to an aromatic ring is 1. The topological polar surface area (TPSA) is 70.1 Å². The average Bonchev–Trinajstić information content (AvgIpc) is 2.70. The standard InChI is InChI=1S/C12H12ClN3O2/c1-16-12(14)8(6-15-16)11(17)7-3-4-9(13)10(5-7)18-2/h3-6H,14H2,1-2H3. The van der Waals surface area contributed by atoms with Gasteiger partial charge in [-0.3, -0.25) is 9.48 Å². The quantitative estimate of drug-likeness (QED) is 0.861. The lowest BCUT2D eigenvalue weighted by Crippen LogP contribution is -2.06. The number of hydrogen-bond donors (Lipinski definition) is 1. The van der Waals surface area contributed by atoms with E-state index in [1.54, 1.807) is 25.2 Å². The highest BCUT2D eigenvalue weighted by Crippen LogP contribution is 2.26. The average molecular weight is 266 g/mol. The summed E-state index contributed by atoms with van der Waals surface area (Å²) >= 11 is 5.90.